The zero-order valence-electron chi connectivity index (χ0n) is 12.5. The van der Waals surface area contributed by atoms with Gasteiger partial charge in [-0.25, -0.2) is 0 Å². The molecule has 0 radical (unpaired) electrons. The van der Waals surface area contributed by atoms with Crippen LogP contribution in [0.3, 0.4) is 0 Å². The predicted molar refractivity (Wildman–Crippen MR) is 93.5 cm³/mol. The lowest BCUT2D eigenvalue weighted by Gasteiger charge is -2.25. The molecule has 2 aromatic rings. The highest BCUT2D eigenvalue weighted by Gasteiger charge is 2.08. The maximum atomic E-state index is 5.42. The van der Waals surface area contributed by atoms with Crippen molar-refractivity contribution in [1.82, 2.24) is 10.2 Å². The lowest BCUT2D eigenvalue weighted by molar-refractivity contribution is 0.422. The molecule has 0 heterocycles. The van der Waals surface area contributed by atoms with Gasteiger partial charge in [0, 0.05) is 20.1 Å². The smallest absolute Gasteiger partial charge is 0.168 e. The fourth-order valence-corrected chi connectivity index (χ4v) is 2.47. The number of hydrogen-bond donors (Lipinski definition) is 1. The fourth-order valence-electron chi connectivity index (χ4n) is 2.29. The van der Waals surface area contributed by atoms with Gasteiger partial charge in [-0.1, -0.05) is 60.7 Å². The molecule has 0 saturated heterocycles. The topological polar surface area (TPSA) is 15.3 Å². The summed E-state index contributed by atoms with van der Waals surface area (Å²) in [6, 6.07) is 21.1. The van der Waals surface area contributed by atoms with Gasteiger partial charge in [0.1, 0.15) is 0 Å². The van der Waals surface area contributed by atoms with Gasteiger partial charge in [-0.15, -0.1) is 0 Å². The molecule has 0 aromatic heterocycles. The summed E-state index contributed by atoms with van der Waals surface area (Å²) in [5.74, 6) is 0. The normalized spacial score (nSPS) is 10.1. The van der Waals surface area contributed by atoms with Crippen LogP contribution in [0.15, 0.2) is 60.7 Å². The average molecular weight is 298 g/mol. The van der Waals surface area contributed by atoms with Gasteiger partial charge < -0.3 is 10.2 Å². The van der Waals surface area contributed by atoms with Crippen LogP contribution in [0.2, 0.25) is 0 Å². The van der Waals surface area contributed by atoms with Crippen molar-refractivity contribution in [3.05, 3.63) is 71.8 Å². The fraction of sp³-hybridized carbons (Fsp3) is 0.278. The summed E-state index contributed by atoms with van der Waals surface area (Å²) in [5.41, 5.74) is 2.70. The SMILES string of the molecule is CNC(=S)N(CCc1ccccc1)CCc1ccccc1. The maximum Gasteiger partial charge on any atom is 0.168 e. The molecule has 21 heavy (non-hydrogen) atoms. The molecule has 2 aromatic carbocycles. The molecule has 0 aliphatic carbocycles. The maximum absolute atomic E-state index is 5.42. The molecule has 1 N–H and O–H groups in total. The van der Waals surface area contributed by atoms with E-state index in [0.717, 1.165) is 31.0 Å². The number of rotatable bonds is 6. The molecular formula is C18H22N2S. The molecule has 0 fully saturated rings. The molecule has 0 aliphatic heterocycles. The van der Waals surface area contributed by atoms with Crippen molar-refractivity contribution >= 4 is 17.3 Å². The number of nitrogens with zero attached hydrogens (tertiary/aromatic N) is 1. The van der Waals surface area contributed by atoms with E-state index in [4.69, 9.17) is 12.2 Å². The molecule has 2 rings (SSSR count). The first-order valence-electron chi connectivity index (χ1n) is 7.34. The van der Waals surface area contributed by atoms with Crippen LogP contribution >= 0.6 is 12.2 Å². The van der Waals surface area contributed by atoms with Gasteiger partial charge in [-0.3, -0.25) is 0 Å². The molecule has 110 valence electrons. The van der Waals surface area contributed by atoms with Crippen molar-refractivity contribution in [3.63, 3.8) is 0 Å². The van der Waals surface area contributed by atoms with Gasteiger partial charge in [0.2, 0.25) is 0 Å². The van der Waals surface area contributed by atoms with Crippen LogP contribution in [-0.4, -0.2) is 30.1 Å². The van der Waals surface area contributed by atoms with Gasteiger partial charge in [0.15, 0.2) is 5.11 Å². The Bertz CT molecular complexity index is 496. The summed E-state index contributed by atoms with van der Waals surface area (Å²) in [6.45, 7) is 1.88. The van der Waals surface area contributed by atoms with Crippen molar-refractivity contribution in [2.75, 3.05) is 20.1 Å². The third-order valence-corrected chi connectivity index (χ3v) is 3.99. The summed E-state index contributed by atoms with van der Waals surface area (Å²) in [5, 5.41) is 3.92. The van der Waals surface area contributed by atoms with Crippen LogP contribution in [0.4, 0.5) is 0 Å². The van der Waals surface area contributed by atoms with Crippen LogP contribution in [0, 0.1) is 0 Å². The number of benzene rings is 2. The van der Waals surface area contributed by atoms with Crippen LogP contribution < -0.4 is 5.32 Å². The van der Waals surface area contributed by atoms with E-state index in [-0.39, 0.29) is 0 Å². The molecular weight excluding hydrogens is 276 g/mol. The minimum absolute atomic E-state index is 0.821. The Morgan fingerprint density at radius 3 is 1.67 bits per heavy atom. The Labute approximate surface area is 132 Å². The van der Waals surface area contributed by atoms with Gasteiger partial charge in [0.25, 0.3) is 0 Å². The molecule has 0 atom stereocenters. The third kappa shape index (κ3) is 5.20. The first-order chi connectivity index (χ1) is 10.3. The highest BCUT2D eigenvalue weighted by Crippen LogP contribution is 2.05. The minimum atomic E-state index is 0.821. The summed E-state index contributed by atoms with van der Waals surface area (Å²) >= 11 is 5.42. The van der Waals surface area contributed by atoms with Crippen molar-refractivity contribution in [2.45, 2.75) is 12.8 Å². The Balaban J connectivity index is 1.90. The highest BCUT2D eigenvalue weighted by molar-refractivity contribution is 7.80. The molecule has 0 saturated carbocycles. The van der Waals surface area contributed by atoms with Gasteiger partial charge in [-0.2, -0.15) is 0 Å². The van der Waals surface area contributed by atoms with Crippen molar-refractivity contribution in [1.29, 1.82) is 0 Å². The van der Waals surface area contributed by atoms with E-state index in [1.165, 1.54) is 11.1 Å². The molecule has 0 spiro atoms. The Morgan fingerprint density at radius 1 is 0.857 bits per heavy atom. The summed E-state index contributed by atoms with van der Waals surface area (Å²) in [4.78, 5) is 2.25. The van der Waals surface area contributed by atoms with E-state index in [0.29, 0.717) is 0 Å². The minimum Gasteiger partial charge on any atom is -0.366 e. The van der Waals surface area contributed by atoms with E-state index in [2.05, 4.69) is 70.9 Å². The predicted octanol–water partition coefficient (Wildman–Crippen LogP) is 3.28. The zero-order chi connectivity index (χ0) is 14.9. The van der Waals surface area contributed by atoms with Crippen LogP contribution in [0.1, 0.15) is 11.1 Å². The monoisotopic (exact) mass is 298 g/mol. The van der Waals surface area contributed by atoms with Crippen molar-refractivity contribution in [2.24, 2.45) is 0 Å². The van der Waals surface area contributed by atoms with E-state index in [9.17, 15) is 0 Å². The average Bonchev–Trinajstić information content (AvgIpc) is 2.56. The van der Waals surface area contributed by atoms with Crippen LogP contribution in [0.5, 0.6) is 0 Å². The number of thiocarbonyl (C=S) groups is 1. The second kappa shape index (κ2) is 8.42. The van der Waals surface area contributed by atoms with E-state index in [1.54, 1.807) is 0 Å². The Hall–Kier alpha value is -1.87. The lowest BCUT2D eigenvalue weighted by atomic mass is 10.1. The van der Waals surface area contributed by atoms with Crippen LogP contribution in [0.25, 0.3) is 0 Å². The molecule has 2 nitrogen and oxygen atoms in total. The standard InChI is InChI=1S/C18H22N2S/c1-19-18(21)20(14-12-16-8-4-2-5-9-16)15-13-17-10-6-3-7-11-17/h2-11H,12-15H2,1H3,(H,19,21). The summed E-state index contributed by atoms with van der Waals surface area (Å²) in [7, 11) is 1.89. The number of hydrogen-bond acceptors (Lipinski definition) is 1. The quantitative estimate of drug-likeness (QED) is 0.824. The van der Waals surface area contributed by atoms with Crippen molar-refractivity contribution < 1.29 is 0 Å². The molecule has 0 bridgehead atoms. The van der Waals surface area contributed by atoms with Gasteiger partial charge >= 0.3 is 0 Å². The third-order valence-electron chi connectivity index (χ3n) is 3.53. The van der Waals surface area contributed by atoms with E-state index >= 15 is 0 Å². The zero-order valence-corrected chi connectivity index (χ0v) is 13.3. The molecule has 0 amide bonds. The van der Waals surface area contributed by atoms with E-state index < -0.39 is 0 Å². The Kier molecular flexibility index (Phi) is 6.22. The van der Waals surface area contributed by atoms with Gasteiger partial charge in [0.05, 0.1) is 0 Å². The first kappa shape index (κ1) is 15.5. The lowest BCUT2D eigenvalue weighted by Crippen LogP contribution is -2.40. The summed E-state index contributed by atoms with van der Waals surface area (Å²) < 4.78 is 0. The Morgan fingerprint density at radius 2 is 1.29 bits per heavy atom. The van der Waals surface area contributed by atoms with E-state index in [1.807, 2.05) is 7.05 Å². The van der Waals surface area contributed by atoms with Gasteiger partial charge in [-0.05, 0) is 36.2 Å². The second-order valence-electron chi connectivity index (χ2n) is 5.01. The molecule has 3 heteroatoms. The van der Waals surface area contributed by atoms with Crippen molar-refractivity contribution in [3.8, 4) is 0 Å². The molecule has 0 aliphatic rings. The largest absolute Gasteiger partial charge is 0.366 e. The highest BCUT2D eigenvalue weighted by atomic mass is 32.1. The first-order valence-corrected chi connectivity index (χ1v) is 7.75. The molecule has 0 unspecified atom stereocenters. The second-order valence-corrected chi connectivity index (χ2v) is 5.40. The van der Waals surface area contributed by atoms with Crippen LogP contribution in [-0.2, 0) is 12.8 Å². The number of nitrogens with one attached hydrogen (secondary N) is 1. The summed E-state index contributed by atoms with van der Waals surface area (Å²) in [6.07, 6.45) is 2.02.